The minimum atomic E-state index is -1.28. The molecule has 1 atom stereocenters. The maximum atomic E-state index is 2.55. The number of fused-ring (bicyclic) bond motifs is 2. The Bertz CT molecular complexity index is 1750. The van der Waals surface area contributed by atoms with E-state index < -0.39 is 22.8 Å². The molecule has 0 saturated carbocycles. The van der Waals surface area contributed by atoms with E-state index in [1.54, 1.807) is 23.2 Å². The third-order valence-corrected chi connectivity index (χ3v) is 13.5. The number of aryl methyl sites for hydroxylation is 2. The molecule has 0 aromatic heterocycles. The fourth-order valence-electron chi connectivity index (χ4n) is 7.03. The van der Waals surface area contributed by atoms with Crippen LogP contribution in [0.5, 0.6) is 0 Å². The molecule has 0 bridgehead atoms. The molecule has 3 aromatic carbocycles. The Morgan fingerprint density at radius 3 is 2.05 bits per heavy atom. The molecule has 3 aliphatic rings. The zero-order valence-corrected chi connectivity index (χ0v) is 27.2. The molecule has 1 unspecified atom stereocenters. The van der Waals surface area contributed by atoms with Crippen LogP contribution >= 0.6 is 0 Å². The van der Waals surface area contributed by atoms with Gasteiger partial charge in [0.05, 0.1) is 0 Å². The third-order valence-electron chi connectivity index (χ3n) is 9.56. The van der Waals surface area contributed by atoms with Gasteiger partial charge in [0.25, 0.3) is 0 Å². The summed E-state index contributed by atoms with van der Waals surface area (Å²) >= 11 is -1.28. The van der Waals surface area contributed by atoms with Crippen molar-refractivity contribution in [1.29, 1.82) is 0 Å². The molecule has 0 spiro atoms. The average molecular weight is 599 g/mol. The fraction of sp³-hybridized carbons (Fsp3) is 0.256. The van der Waals surface area contributed by atoms with Crippen LogP contribution in [-0.4, -0.2) is 3.21 Å². The number of allylic oxidation sites excluding steroid dienone is 8. The van der Waals surface area contributed by atoms with Gasteiger partial charge in [-0.15, -0.1) is 0 Å². The first kappa shape index (κ1) is 27.3. The van der Waals surface area contributed by atoms with Gasteiger partial charge in [-0.1, -0.05) is 0 Å². The Kier molecular flexibility index (Phi) is 7.39. The predicted octanol–water partition coefficient (Wildman–Crippen LogP) is 8.13. The van der Waals surface area contributed by atoms with Crippen LogP contribution in [0.25, 0.3) is 8.85 Å². The third kappa shape index (κ3) is 4.33. The van der Waals surface area contributed by atoms with Gasteiger partial charge in [-0.25, -0.2) is 0 Å². The second kappa shape index (κ2) is 10.8. The molecule has 199 valence electrons. The van der Waals surface area contributed by atoms with Gasteiger partial charge in [0.15, 0.2) is 0 Å². The van der Waals surface area contributed by atoms with E-state index in [0.29, 0.717) is 0 Å². The van der Waals surface area contributed by atoms with E-state index in [1.165, 1.54) is 49.4 Å². The van der Waals surface area contributed by atoms with Gasteiger partial charge in [0, 0.05) is 0 Å². The van der Waals surface area contributed by atoms with E-state index in [4.69, 9.17) is 0 Å². The van der Waals surface area contributed by atoms with E-state index in [1.807, 2.05) is 0 Å². The normalized spacial score (nSPS) is 19.6. The van der Waals surface area contributed by atoms with Crippen LogP contribution < -0.4 is 10.4 Å². The van der Waals surface area contributed by atoms with Gasteiger partial charge in [0.2, 0.25) is 0 Å². The summed E-state index contributed by atoms with van der Waals surface area (Å²) in [5.74, 6) is 0. The Balaban J connectivity index is 1.82. The molecule has 3 aromatic rings. The Morgan fingerprint density at radius 1 is 0.850 bits per heavy atom. The molecule has 1 heteroatoms. The fourth-order valence-corrected chi connectivity index (χ4v) is 10.9. The van der Waals surface area contributed by atoms with Gasteiger partial charge in [-0.3, -0.25) is 0 Å². The first-order valence-electron chi connectivity index (χ1n) is 14.8. The van der Waals surface area contributed by atoms with Gasteiger partial charge in [-0.05, 0) is 0 Å². The molecular weight excluding hydrogens is 560 g/mol. The molecule has 0 saturated heterocycles. The minimum absolute atomic E-state index is 0.0363. The van der Waals surface area contributed by atoms with E-state index in [0.717, 1.165) is 19.3 Å². The number of hydrogen-bond acceptors (Lipinski definition) is 0. The molecule has 0 aliphatic heterocycles. The van der Waals surface area contributed by atoms with Crippen LogP contribution in [-0.2, 0) is 29.2 Å². The zero-order chi connectivity index (χ0) is 28.0. The second-order valence-electron chi connectivity index (χ2n) is 11.7. The summed E-state index contributed by atoms with van der Waals surface area (Å²) in [6.07, 6.45) is 10.2. The van der Waals surface area contributed by atoms with E-state index in [9.17, 15) is 0 Å². The summed E-state index contributed by atoms with van der Waals surface area (Å²) in [6.45, 7) is 14.4. The molecule has 3 aliphatic carbocycles. The summed E-state index contributed by atoms with van der Waals surface area (Å²) in [6, 6.07) is 27.4. The van der Waals surface area contributed by atoms with Crippen molar-refractivity contribution >= 4 is 12.1 Å². The van der Waals surface area contributed by atoms with Gasteiger partial charge in [-0.2, -0.15) is 0 Å². The number of rotatable bonds is 6. The van der Waals surface area contributed by atoms with Crippen molar-refractivity contribution in [3.05, 3.63) is 152 Å². The molecule has 0 heterocycles. The van der Waals surface area contributed by atoms with Crippen LogP contribution in [0.4, 0.5) is 0 Å². The van der Waals surface area contributed by atoms with Crippen LogP contribution in [0.2, 0.25) is 0 Å². The molecule has 0 N–H and O–H groups in total. The SMILES string of the molecule is CCc1cc(C)c2c(c1)=[C]([Zr]=[C](c1ccccc1)c1ccccc1)C1=C(C3=CC=CC3)C(C)(CC)C(C)=C(C)C=21. The summed E-state index contributed by atoms with van der Waals surface area (Å²) in [7, 11) is 0. The molecule has 40 heavy (non-hydrogen) atoms. The molecule has 0 radical (unpaired) electrons. The van der Waals surface area contributed by atoms with E-state index >= 15 is 0 Å². The van der Waals surface area contributed by atoms with Crippen molar-refractivity contribution in [2.24, 2.45) is 5.41 Å². The molecule has 6 rings (SSSR count). The van der Waals surface area contributed by atoms with Crippen molar-refractivity contribution in [3.8, 4) is 0 Å². The molecule has 0 nitrogen and oxygen atoms in total. The van der Waals surface area contributed by atoms with Crippen molar-refractivity contribution in [2.75, 3.05) is 0 Å². The van der Waals surface area contributed by atoms with E-state index in [-0.39, 0.29) is 5.41 Å². The zero-order valence-electron chi connectivity index (χ0n) is 24.8. The van der Waals surface area contributed by atoms with Gasteiger partial charge < -0.3 is 0 Å². The van der Waals surface area contributed by atoms with Crippen molar-refractivity contribution in [1.82, 2.24) is 0 Å². The number of hydrogen-bond donors (Lipinski definition) is 0. The summed E-state index contributed by atoms with van der Waals surface area (Å²) in [5, 5.41) is 3.03. The molecule has 0 fully saturated rings. The van der Waals surface area contributed by atoms with Gasteiger partial charge >= 0.3 is 253 Å². The molecule has 0 amide bonds. The topological polar surface area (TPSA) is 0 Å². The quantitative estimate of drug-likeness (QED) is 0.269. The first-order chi connectivity index (χ1) is 19.4. The Morgan fingerprint density at radius 2 is 1.50 bits per heavy atom. The van der Waals surface area contributed by atoms with Crippen LogP contribution in [0, 0.1) is 12.3 Å². The number of benzene rings is 3. The maximum absolute atomic E-state index is 2.55. The monoisotopic (exact) mass is 597 g/mol. The Hall–Kier alpha value is -2.89. The van der Waals surface area contributed by atoms with Crippen molar-refractivity contribution in [2.45, 2.75) is 60.8 Å². The average Bonchev–Trinajstić information content (AvgIpc) is 3.63. The predicted molar refractivity (Wildman–Crippen MR) is 168 cm³/mol. The summed E-state index contributed by atoms with van der Waals surface area (Å²) in [5.41, 5.74) is 15.0. The van der Waals surface area contributed by atoms with E-state index in [2.05, 4.69) is 133 Å². The van der Waals surface area contributed by atoms with Gasteiger partial charge in [0.1, 0.15) is 0 Å². The molecular formula is C39H39Zr. The second-order valence-corrected chi connectivity index (χ2v) is 14.8. The van der Waals surface area contributed by atoms with Crippen molar-refractivity contribution in [3.63, 3.8) is 0 Å². The Labute approximate surface area is 251 Å². The first-order valence-corrected chi connectivity index (χ1v) is 17.3. The van der Waals surface area contributed by atoms with Crippen LogP contribution in [0.3, 0.4) is 0 Å². The summed E-state index contributed by atoms with van der Waals surface area (Å²) < 4.78 is 3.24. The standard InChI is InChI=1S/C26H29.C13H10.Zr/c1-7-19-13-16(3)23-21(14-19)15-22-24(23)17(4)18(5)26(6,8-2)25(22)20-11-9-10-12-20;1-3-7-12(8-4-1)11-13-9-5-2-6-10-13;/h9-11,13-14H,7-8,12H2,1-6H3;1-10H;. The van der Waals surface area contributed by atoms with Crippen LogP contribution in [0.1, 0.15) is 69.7 Å². The van der Waals surface area contributed by atoms with Crippen molar-refractivity contribution < 1.29 is 22.8 Å². The summed E-state index contributed by atoms with van der Waals surface area (Å²) in [4.78, 5) is 0. The van der Waals surface area contributed by atoms with Crippen LogP contribution in [0.15, 0.2) is 119 Å².